The molecule has 0 radical (unpaired) electrons. The van der Waals surface area contributed by atoms with Crippen molar-refractivity contribution in [1.82, 2.24) is 15.5 Å². The summed E-state index contributed by atoms with van der Waals surface area (Å²) in [5, 5.41) is 6.94. The smallest absolute Gasteiger partial charge is 0.227 e. The summed E-state index contributed by atoms with van der Waals surface area (Å²) in [6, 6.07) is 16.9. The molecule has 176 valence electrons. The largest absolute Gasteiger partial charge is 0.497 e. The number of aliphatic imine (C=N–C) groups is 1. The number of nitrogens with one attached hydrogen (secondary N) is 2. The van der Waals surface area contributed by atoms with Crippen LogP contribution in [0, 0.1) is 0 Å². The third kappa shape index (κ3) is 5.85. The fraction of sp³-hybridized carbons (Fsp3) is 0.462. The van der Waals surface area contributed by atoms with E-state index in [1.807, 2.05) is 29.2 Å². The molecule has 4 rings (SSSR count). The summed E-state index contributed by atoms with van der Waals surface area (Å²) in [7, 11) is 3.50. The summed E-state index contributed by atoms with van der Waals surface area (Å²) in [4.78, 5) is 20.8. The summed E-state index contributed by atoms with van der Waals surface area (Å²) in [6.07, 6.45) is 4.09. The lowest BCUT2D eigenvalue weighted by Crippen LogP contribution is -2.42. The normalized spacial score (nSPS) is 17.9. The Morgan fingerprint density at radius 2 is 1.73 bits per heavy atom. The van der Waals surface area contributed by atoms with Gasteiger partial charge in [0.1, 0.15) is 5.75 Å². The molecule has 0 saturated carbocycles. The van der Waals surface area contributed by atoms with E-state index in [1.165, 1.54) is 18.4 Å². The van der Waals surface area contributed by atoms with Gasteiger partial charge in [-0.25, -0.2) is 0 Å². The Bertz CT molecular complexity index is 936. The van der Waals surface area contributed by atoms with Crippen LogP contribution in [0.15, 0.2) is 53.5 Å². The lowest BCUT2D eigenvalue weighted by Gasteiger charge is -2.29. The van der Waals surface area contributed by atoms with Gasteiger partial charge in [-0.2, -0.15) is 0 Å². The first-order valence-corrected chi connectivity index (χ1v) is 11.9. The van der Waals surface area contributed by atoms with Gasteiger partial charge in [0.05, 0.1) is 13.2 Å². The Balaban J connectivity index is 1.33. The molecule has 2 aromatic rings. The number of amides is 1. The highest BCUT2D eigenvalue weighted by atomic mass is 16.5. The van der Waals surface area contributed by atoms with Gasteiger partial charge in [-0.1, -0.05) is 24.3 Å². The molecule has 0 bridgehead atoms. The summed E-state index contributed by atoms with van der Waals surface area (Å²) in [5.74, 6) is 1.88. The van der Waals surface area contributed by atoms with Crippen LogP contribution in [0.2, 0.25) is 0 Å². The minimum Gasteiger partial charge on any atom is -0.497 e. The van der Waals surface area contributed by atoms with Gasteiger partial charge in [0.15, 0.2) is 5.96 Å². The van der Waals surface area contributed by atoms with Crippen LogP contribution in [0.1, 0.15) is 42.9 Å². The maximum Gasteiger partial charge on any atom is 0.227 e. The molecule has 2 aliphatic rings. The summed E-state index contributed by atoms with van der Waals surface area (Å²) in [6.45, 7) is 4.51. The Morgan fingerprint density at radius 3 is 2.33 bits per heavy atom. The molecule has 2 aliphatic heterocycles. The average Bonchev–Trinajstić information content (AvgIpc) is 3.54. The molecule has 2 aromatic carbocycles. The van der Waals surface area contributed by atoms with Crippen LogP contribution in [-0.2, 0) is 11.3 Å². The minimum atomic E-state index is 0.217. The van der Waals surface area contributed by atoms with E-state index in [4.69, 9.17) is 4.74 Å². The maximum absolute atomic E-state index is 12.0. The highest BCUT2D eigenvalue weighted by molar-refractivity contribution is 5.95. The highest BCUT2D eigenvalue weighted by Crippen LogP contribution is 2.26. The summed E-state index contributed by atoms with van der Waals surface area (Å²) >= 11 is 0. The molecule has 2 saturated heterocycles. The molecule has 1 unspecified atom stereocenters. The van der Waals surface area contributed by atoms with Crippen molar-refractivity contribution < 1.29 is 9.53 Å². The summed E-state index contributed by atoms with van der Waals surface area (Å²) in [5.41, 5.74) is 3.42. The lowest BCUT2D eigenvalue weighted by molar-refractivity contribution is -0.117. The number of rotatable bonds is 8. The highest BCUT2D eigenvalue weighted by Gasteiger charge is 2.24. The van der Waals surface area contributed by atoms with Crippen molar-refractivity contribution in [3.05, 3.63) is 59.7 Å². The Hall–Kier alpha value is -3.06. The molecule has 1 amide bonds. The van der Waals surface area contributed by atoms with Gasteiger partial charge in [-0.3, -0.25) is 14.7 Å². The van der Waals surface area contributed by atoms with Crippen molar-refractivity contribution >= 4 is 17.6 Å². The molecular weight excluding hydrogens is 414 g/mol. The van der Waals surface area contributed by atoms with Crippen LogP contribution < -0.4 is 20.3 Å². The van der Waals surface area contributed by atoms with E-state index < -0.39 is 0 Å². The molecule has 0 aromatic heterocycles. The molecule has 0 aliphatic carbocycles. The average molecular weight is 450 g/mol. The second-order valence-corrected chi connectivity index (χ2v) is 8.65. The first-order chi connectivity index (χ1) is 16.2. The van der Waals surface area contributed by atoms with Crippen LogP contribution in [0.4, 0.5) is 5.69 Å². The second-order valence-electron chi connectivity index (χ2n) is 8.65. The third-order valence-corrected chi connectivity index (χ3v) is 6.55. The SMILES string of the molecule is CN=C(NCc1ccc(N2CCCC2=O)cc1)NCC(c1ccc(OC)cc1)N1CCCC1. The number of carbonyl (C=O) groups is 1. The molecule has 7 nitrogen and oxygen atoms in total. The monoisotopic (exact) mass is 449 g/mol. The number of hydrogen-bond donors (Lipinski definition) is 2. The molecule has 2 N–H and O–H groups in total. The topological polar surface area (TPSA) is 69.2 Å². The van der Waals surface area contributed by atoms with Crippen molar-refractivity contribution in [2.75, 3.05) is 45.2 Å². The predicted molar refractivity (Wildman–Crippen MR) is 133 cm³/mol. The van der Waals surface area contributed by atoms with Crippen molar-refractivity contribution in [2.24, 2.45) is 4.99 Å². The van der Waals surface area contributed by atoms with Crippen molar-refractivity contribution in [1.29, 1.82) is 0 Å². The minimum absolute atomic E-state index is 0.217. The number of guanidine groups is 1. The number of hydrogen-bond acceptors (Lipinski definition) is 4. The van der Waals surface area contributed by atoms with Crippen LogP contribution in [0.25, 0.3) is 0 Å². The van der Waals surface area contributed by atoms with Crippen LogP contribution in [-0.4, -0.2) is 57.1 Å². The maximum atomic E-state index is 12.0. The van der Waals surface area contributed by atoms with Crippen molar-refractivity contribution in [3.63, 3.8) is 0 Å². The number of likely N-dealkylation sites (tertiary alicyclic amines) is 1. The van der Waals surface area contributed by atoms with Gasteiger partial charge in [-0.15, -0.1) is 0 Å². The third-order valence-electron chi connectivity index (χ3n) is 6.55. The Labute approximate surface area is 196 Å². The zero-order valence-electron chi connectivity index (χ0n) is 19.7. The van der Waals surface area contributed by atoms with E-state index in [0.29, 0.717) is 13.0 Å². The van der Waals surface area contributed by atoms with Crippen molar-refractivity contribution in [3.8, 4) is 5.75 Å². The van der Waals surface area contributed by atoms with Gasteiger partial charge in [-0.05, 0) is 67.7 Å². The Kier molecular flexibility index (Phi) is 7.83. The predicted octanol–water partition coefficient (Wildman–Crippen LogP) is 3.32. The molecule has 2 heterocycles. The first kappa shape index (κ1) is 23.1. The number of anilines is 1. The van der Waals surface area contributed by atoms with E-state index in [9.17, 15) is 4.79 Å². The van der Waals surface area contributed by atoms with Crippen molar-refractivity contribution in [2.45, 2.75) is 38.3 Å². The number of ether oxygens (including phenoxy) is 1. The Morgan fingerprint density at radius 1 is 1.00 bits per heavy atom. The van der Waals surface area contributed by atoms with Gasteiger partial charge >= 0.3 is 0 Å². The molecule has 1 atom stereocenters. The van der Waals surface area contributed by atoms with Crippen LogP contribution in [0.3, 0.4) is 0 Å². The fourth-order valence-electron chi connectivity index (χ4n) is 4.65. The van der Waals surface area contributed by atoms with E-state index in [1.54, 1.807) is 14.2 Å². The quantitative estimate of drug-likeness (QED) is 0.478. The molecule has 33 heavy (non-hydrogen) atoms. The standard InChI is InChI=1S/C26H35N5O2/c1-27-26(28-18-20-7-11-22(12-8-20)31-17-5-6-25(31)32)29-19-24(30-15-3-4-16-30)21-9-13-23(33-2)14-10-21/h7-14,24H,3-6,15-19H2,1-2H3,(H2,27,28,29). The zero-order valence-corrected chi connectivity index (χ0v) is 19.7. The second kappa shape index (κ2) is 11.2. The number of nitrogens with zero attached hydrogens (tertiary/aromatic N) is 3. The van der Waals surface area contributed by atoms with Gasteiger partial charge < -0.3 is 20.3 Å². The molecule has 7 heteroatoms. The van der Waals surface area contributed by atoms with Crippen LogP contribution in [0.5, 0.6) is 5.75 Å². The molecule has 0 spiro atoms. The zero-order chi connectivity index (χ0) is 23.0. The van der Waals surface area contributed by atoms with E-state index in [0.717, 1.165) is 55.6 Å². The molecule has 2 fully saturated rings. The van der Waals surface area contributed by atoms with Gasteiger partial charge in [0.25, 0.3) is 0 Å². The van der Waals surface area contributed by atoms with E-state index in [-0.39, 0.29) is 11.9 Å². The molecular formula is C26H35N5O2. The number of carbonyl (C=O) groups excluding carboxylic acids is 1. The van der Waals surface area contributed by atoms with Gasteiger partial charge in [0, 0.05) is 38.8 Å². The van der Waals surface area contributed by atoms with E-state index >= 15 is 0 Å². The van der Waals surface area contributed by atoms with Crippen LogP contribution >= 0.6 is 0 Å². The fourth-order valence-corrected chi connectivity index (χ4v) is 4.65. The first-order valence-electron chi connectivity index (χ1n) is 11.9. The van der Waals surface area contributed by atoms with Gasteiger partial charge in [0.2, 0.25) is 5.91 Å². The number of benzene rings is 2. The van der Waals surface area contributed by atoms with E-state index in [2.05, 4.69) is 44.8 Å². The lowest BCUT2D eigenvalue weighted by atomic mass is 10.1. The summed E-state index contributed by atoms with van der Waals surface area (Å²) < 4.78 is 5.33. The number of methoxy groups -OCH3 is 1.